The quantitative estimate of drug-likeness (QED) is 0.161. The molecule has 0 N–H and O–H groups in total. The Labute approximate surface area is 190 Å². The van der Waals surface area contributed by atoms with E-state index >= 15 is 0 Å². The van der Waals surface area contributed by atoms with Gasteiger partial charge in [-0.1, -0.05) is 0 Å². The molecule has 0 amide bonds. The van der Waals surface area contributed by atoms with Crippen LogP contribution in [0.15, 0.2) is 24.3 Å². The summed E-state index contributed by atoms with van der Waals surface area (Å²) in [5, 5.41) is 0. The number of ether oxygens (including phenoxy) is 2. The van der Waals surface area contributed by atoms with Gasteiger partial charge in [0.2, 0.25) is 0 Å². The predicted octanol–water partition coefficient (Wildman–Crippen LogP) is 4.13. The standard InChI is InChI=1S/2C7H10O4.2C4H9.Sn/c2*1-2-5-11-7(10)4-3-6(8)9;2*1-3-4-2;/h2*3-4H,2,5H2,1H3,(H,8,9);2*1,3-4H2,2H3;/q;;;;+2/p-2/b4-3-;;;;. The van der Waals surface area contributed by atoms with Crippen molar-refractivity contribution in [2.75, 3.05) is 13.2 Å². The molecule has 0 aliphatic carbocycles. The van der Waals surface area contributed by atoms with E-state index in [4.69, 9.17) is 15.6 Å². The number of hydrogen-bond acceptors (Lipinski definition) is 8. The molecule has 0 bridgehead atoms. The second-order valence-electron chi connectivity index (χ2n) is 6.96. The Morgan fingerprint density at radius 2 is 0.935 bits per heavy atom. The van der Waals surface area contributed by atoms with Crippen LogP contribution in [0.1, 0.15) is 66.2 Å². The summed E-state index contributed by atoms with van der Waals surface area (Å²) in [6.07, 6.45) is 8.56. The maximum absolute atomic E-state index is 12.4. The van der Waals surface area contributed by atoms with Gasteiger partial charge in [0.1, 0.15) is 0 Å². The van der Waals surface area contributed by atoms with Crippen LogP contribution in [0.2, 0.25) is 8.87 Å². The number of unbranched alkanes of at least 4 members (excludes halogenated alkanes) is 2. The second kappa shape index (κ2) is 17.8. The summed E-state index contributed by atoms with van der Waals surface area (Å²) < 4.78 is 22.2. The molecule has 0 aromatic carbocycles. The maximum atomic E-state index is 12.4. The zero-order chi connectivity index (χ0) is 23.5. The van der Waals surface area contributed by atoms with E-state index in [1.54, 1.807) is 0 Å². The van der Waals surface area contributed by atoms with E-state index in [1.807, 2.05) is 27.7 Å². The van der Waals surface area contributed by atoms with Gasteiger partial charge in [-0.15, -0.1) is 0 Å². The summed E-state index contributed by atoms with van der Waals surface area (Å²) in [4.78, 5) is 47.9. The van der Waals surface area contributed by atoms with Crippen molar-refractivity contribution in [1.29, 1.82) is 0 Å². The van der Waals surface area contributed by atoms with Gasteiger partial charge in [0.05, 0.1) is 0 Å². The molecule has 0 spiro atoms. The third-order valence-corrected chi connectivity index (χ3v) is 13.6. The zero-order valence-electron chi connectivity index (χ0n) is 19.1. The monoisotopic (exact) mass is 548 g/mol. The first-order valence-corrected chi connectivity index (χ1v) is 17.3. The first-order valence-electron chi connectivity index (χ1n) is 11.0. The Kier molecular flexibility index (Phi) is 16.7. The molecular weight excluding hydrogens is 511 g/mol. The molecule has 0 unspecified atom stereocenters. The van der Waals surface area contributed by atoms with Crippen molar-refractivity contribution in [2.24, 2.45) is 0 Å². The summed E-state index contributed by atoms with van der Waals surface area (Å²) in [5.74, 6) is -2.72. The third-order valence-electron chi connectivity index (χ3n) is 4.00. The van der Waals surface area contributed by atoms with Crippen molar-refractivity contribution in [3.63, 3.8) is 0 Å². The van der Waals surface area contributed by atoms with Gasteiger partial charge in [0.15, 0.2) is 0 Å². The molecular formula is C22H36O8Sn. The van der Waals surface area contributed by atoms with Gasteiger partial charge in [-0.25, -0.2) is 0 Å². The van der Waals surface area contributed by atoms with Crippen molar-refractivity contribution in [3.05, 3.63) is 24.3 Å². The average Bonchev–Trinajstić information content (AvgIpc) is 2.75. The van der Waals surface area contributed by atoms with E-state index in [9.17, 15) is 19.2 Å². The molecule has 0 saturated heterocycles. The van der Waals surface area contributed by atoms with Crippen LogP contribution in [0.5, 0.6) is 0 Å². The Morgan fingerprint density at radius 3 is 1.26 bits per heavy atom. The van der Waals surface area contributed by atoms with Crippen molar-refractivity contribution in [3.8, 4) is 0 Å². The van der Waals surface area contributed by atoms with E-state index < -0.39 is 43.1 Å². The van der Waals surface area contributed by atoms with Crippen LogP contribution in [0.4, 0.5) is 0 Å². The molecule has 9 heteroatoms. The van der Waals surface area contributed by atoms with Crippen LogP contribution < -0.4 is 0 Å². The van der Waals surface area contributed by atoms with Crippen LogP contribution >= 0.6 is 0 Å². The molecule has 0 aromatic rings. The van der Waals surface area contributed by atoms with Gasteiger partial charge in [-0.2, -0.15) is 0 Å². The summed E-state index contributed by atoms with van der Waals surface area (Å²) in [6, 6.07) is 0. The van der Waals surface area contributed by atoms with Crippen LogP contribution in [-0.2, 0) is 34.8 Å². The number of carbonyl (C=O) groups excluding carboxylic acids is 4. The molecule has 0 aromatic heterocycles. The number of carbonyl (C=O) groups is 4. The molecule has 0 radical (unpaired) electrons. The Balaban J connectivity index is 5.33. The average molecular weight is 547 g/mol. The minimum atomic E-state index is -4.17. The molecule has 0 rings (SSSR count). The van der Waals surface area contributed by atoms with E-state index in [0.717, 1.165) is 50.0 Å². The Bertz CT molecular complexity index is 573. The van der Waals surface area contributed by atoms with Gasteiger partial charge in [-0.3, -0.25) is 0 Å². The summed E-state index contributed by atoms with van der Waals surface area (Å²) >= 11 is -4.17. The molecule has 0 heterocycles. The summed E-state index contributed by atoms with van der Waals surface area (Å²) in [7, 11) is 0. The molecule has 0 aliphatic heterocycles. The van der Waals surface area contributed by atoms with Gasteiger partial charge >= 0.3 is 190 Å². The van der Waals surface area contributed by atoms with Crippen LogP contribution in [0.25, 0.3) is 0 Å². The topological polar surface area (TPSA) is 105 Å². The first kappa shape index (κ1) is 29.2. The van der Waals surface area contributed by atoms with Crippen LogP contribution in [0.3, 0.4) is 0 Å². The first-order chi connectivity index (χ1) is 14.8. The van der Waals surface area contributed by atoms with Gasteiger partial charge < -0.3 is 0 Å². The van der Waals surface area contributed by atoms with Crippen molar-refractivity contribution >= 4 is 43.1 Å². The summed E-state index contributed by atoms with van der Waals surface area (Å²) in [5.41, 5.74) is 0. The molecule has 176 valence electrons. The predicted molar refractivity (Wildman–Crippen MR) is 118 cm³/mol. The third kappa shape index (κ3) is 14.7. The van der Waals surface area contributed by atoms with E-state index in [0.29, 0.717) is 21.7 Å². The molecule has 0 atom stereocenters. The fraction of sp³-hybridized carbons (Fsp3) is 0.636. The molecule has 0 aliphatic rings. The Hall–Kier alpha value is -1.84. The number of rotatable bonds is 16. The number of esters is 2. The fourth-order valence-electron chi connectivity index (χ4n) is 2.45. The normalized spacial score (nSPS) is 11.5. The minimum absolute atomic E-state index is 0.263. The molecule has 8 nitrogen and oxygen atoms in total. The fourth-order valence-corrected chi connectivity index (χ4v) is 12.0. The molecule has 0 fully saturated rings. The van der Waals surface area contributed by atoms with Gasteiger partial charge in [0, 0.05) is 0 Å². The molecule has 0 saturated carbocycles. The van der Waals surface area contributed by atoms with Crippen molar-refractivity contribution in [1.82, 2.24) is 0 Å². The van der Waals surface area contributed by atoms with E-state index in [-0.39, 0.29) is 13.2 Å². The zero-order valence-corrected chi connectivity index (χ0v) is 22.0. The second-order valence-corrected chi connectivity index (χ2v) is 16.2. The van der Waals surface area contributed by atoms with Crippen LogP contribution in [0, 0.1) is 0 Å². The van der Waals surface area contributed by atoms with Crippen molar-refractivity contribution in [2.45, 2.75) is 75.1 Å². The number of hydrogen-bond donors (Lipinski definition) is 0. The van der Waals surface area contributed by atoms with Gasteiger partial charge in [0.25, 0.3) is 0 Å². The Morgan fingerprint density at radius 1 is 0.581 bits per heavy atom. The SMILES string of the molecule is CCC[CH2][Sn]([CH2]CCC)([O]C(=O)C=CC(=O)OCCC)[O]C(=O)/C=C\C(=O)OCCC. The van der Waals surface area contributed by atoms with Crippen molar-refractivity contribution < 1.29 is 34.8 Å². The molecule has 31 heavy (non-hydrogen) atoms. The van der Waals surface area contributed by atoms with Gasteiger partial charge in [-0.05, 0) is 0 Å². The summed E-state index contributed by atoms with van der Waals surface area (Å²) in [6.45, 7) is 8.24. The van der Waals surface area contributed by atoms with Crippen LogP contribution in [-0.4, -0.2) is 56.3 Å². The van der Waals surface area contributed by atoms with E-state index in [1.165, 1.54) is 0 Å². The van der Waals surface area contributed by atoms with E-state index in [2.05, 4.69) is 0 Å².